The maximum absolute atomic E-state index is 13.6. The molecule has 0 saturated carbocycles. The van der Waals surface area contributed by atoms with Crippen LogP contribution in [-0.2, 0) is 6.54 Å². The van der Waals surface area contributed by atoms with Crippen LogP contribution in [-0.4, -0.2) is 31.1 Å². The SMILES string of the molecule is CC(C)N(C)CCCCNCc1cccc(Cl)c1F. The van der Waals surface area contributed by atoms with Crippen LogP contribution in [0.5, 0.6) is 0 Å². The molecule has 0 fully saturated rings. The van der Waals surface area contributed by atoms with E-state index >= 15 is 0 Å². The lowest BCUT2D eigenvalue weighted by atomic mass is 10.2. The Labute approximate surface area is 120 Å². The van der Waals surface area contributed by atoms with Gasteiger partial charge in [-0.2, -0.15) is 0 Å². The summed E-state index contributed by atoms with van der Waals surface area (Å²) in [5, 5.41) is 3.45. The molecule has 0 bridgehead atoms. The molecule has 1 rings (SSSR count). The summed E-state index contributed by atoms with van der Waals surface area (Å²) in [6, 6.07) is 5.71. The van der Waals surface area contributed by atoms with Gasteiger partial charge in [-0.15, -0.1) is 0 Å². The Morgan fingerprint density at radius 1 is 1.32 bits per heavy atom. The molecule has 0 amide bonds. The fraction of sp³-hybridized carbons (Fsp3) is 0.600. The first kappa shape index (κ1) is 16.4. The highest BCUT2D eigenvalue weighted by atomic mass is 35.5. The van der Waals surface area contributed by atoms with E-state index in [9.17, 15) is 4.39 Å². The van der Waals surface area contributed by atoms with Gasteiger partial charge in [-0.25, -0.2) is 4.39 Å². The van der Waals surface area contributed by atoms with E-state index in [0.717, 1.165) is 25.9 Å². The molecule has 0 radical (unpaired) electrons. The minimum Gasteiger partial charge on any atom is -0.313 e. The molecule has 2 nitrogen and oxygen atoms in total. The van der Waals surface area contributed by atoms with Gasteiger partial charge in [0.15, 0.2) is 0 Å². The van der Waals surface area contributed by atoms with Crippen molar-refractivity contribution >= 4 is 11.6 Å². The first-order chi connectivity index (χ1) is 9.02. The summed E-state index contributed by atoms with van der Waals surface area (Å²) < 4.78 is 13.6. The second-order valence-electron chi connectivity index (χ2n) is 5.17. The third kappa shape index (κ3) is 5.89. The predicted octanol–water partition coefficient (Wildman–Crippen LogP) is 3.69. The van der Waals surface area contributed by atoms with Crippen molar-refractivity contribution in [3.05, 3.63) is 34.6 Å². The van der Waals surface area contributed by atoms with Crippen LogP contribution in [0.15, 0.2) is 18.2 Å². The topological polar surface area (TPSA) is 15.3 Å². The van der Waals surface area contributed by atoms with Crippen molar-refractivity contribution in [3.63, 3.8) is 0 Å². The summed E-state index contributed by atoms with van der Waals surface area (Å²) in [6.07, 6.45) is 2.25. The number of rotatable bonds is 8. The number of nitrogens with zero attached hydrogens (tertiary/aromatic N) is 1. The van der Waals surface area contributed by atoms with Gasteiger partial charge < -0.3 is 10.2 Å². The Bertz CT molecular complexity index is 382. The van der Waals surface area contributed by atoms with Gasteiger partial charge in [0.1, 0.15) is 5.82 Å². The molecule has 0 saturated heterocycles. The van der Waals surface area contributed by atoms with Crippen LogP contribution in [0.25, 0.3) is 0 Å². The number of halogens is 2. The summed E-state index contributed by atoms with van der Waals surface area (Å²) in [5.74, 6) is -0.309. The number of hydrogen-bond donors (Lipinski definition) is 1. The monoisotopic (exact) mass is 286 g/mol. The van der Waals surface area contributed by atoms with E-state index in [4.69, 9.17) is 11.6 Å². The summed E-state index contributed by atoms with van der Waals surface area (Å²) >= 11 is 5.73. The van der Waals surface area contributed by atoms with Gasteiger partial charge >= 0.3 is 0 Å². The lowest BCUT2D eigenvalue weighted by Crippen LogP contribution is -2.27. The Hall–Kier alpha value is -0.640. The Kier molecular flexibility index (Phi) is 7.36. The van der Waals surface area contributed by atoms with E-state index in [-0.39, 0.29) is 10.8 Å². The third-order valence-electron chi connectivity index (χ3n) is 3.34. The number of benzene rings is 1. The molecule has 1 aromatic rings. The van der Waals surface area contributed by atoms with Crippen molar-refractivity contribution in [2.45, 2.75) is 39.3 Å². The van der Waals surface area contributed by atoms with E-state index in [1.54, 1.807) is 18.2 Å². The van der Waals surface area contributed by atoms with Gasteiger partial charge in [0, 0.05) is 18.2 Å². The van der Waals surface area contributed by atoms with E-state index in [0.29, 0.717) is 18.2 Å². The number of unbranched alkanes of at least 4 members (excludes halogenated alkanes) is 1. The van der Waals surface area contributed by atoms with Gasteiger partial charge in [-0.1, -0.05) is 23.7 Å². The normalized spacial score (nSPS) is 11.5. The zero-order chi connectivity index (χ0) is 14.3. The molecule has 0 aliphatic carbocycles. The smallest absolute Gasteiger partial charge is 0.146 e. The Balaban J connectivity index is 2.16. The Morgan fingerprint density at radius 3 is 2.74 bits per heavy atom. The van der Waals surface area contributed by atoms with Crippen molar-refractivity contribution in [2.75, 3.05) is 20.1 Å². The molecule has 0 unspecified atom stereocenters. The molecule has 0 aliphatic rings. The van der Waals surface area contributed by atoms with Crippen LogP contribution in [0, 0.1) is 5.82 Å². The van der Waals surface area contributed by atoms with Crippen molar-refractivity contribution in [1.29, 1.82) is 0 Å². The molecule has 108 valence electrons. The third-order valence-corrected chi connectivity index (χ3v) is 3.63. The lowest BCUT2D eigenvalue weighted by Gasteiger charge is -2.20. The van der Waals surface area contributed by atoms with E-state index < -0.39 is 0 Å². The highest BCUT2D eigenvalue weighted by Crippen LogP contribution is 2.17. The standard InChI is InChI=1S/C15H24ClFN2/c1-12(2)19(3)10-5-4-9-18-11-13-7-6-8-14(16)15(13)17/h6-8,12,18H,4-5,9-11H2,1-3H3. The predicted molar refractivity (Wildman–Crippen MR) is 80.1 cm³/mol. The van der Waals surface area contributed by atoms with Gasteiger partial charge in [0.25, 0.3) is 0 Å². The van der Waals surface area contributed by atoms with Gasteiger partial charge in [-0.05, 0) is 52.9 Å². The van der Waals surface area contributed by atoms with Crippen molar-refractivity contribution in [3.8, 4) is 0 Å². The largest absolute Gasteiger partial charge is 0.313 e. The molecule has 0 heterocycles. The zero-order valence-corrected chi connectivity index (χ0v) is 12.8. The average Bonchev–Trinajstić information content (AvgIpc) is 2.37. The van der Waals surface area contributed by atoms with E-state index in [1.165, 1.54) is 0 Å². The molecule has 19 heavy (non-hydrogen) atoms. The summed E-state index contributed by atoms with van der Waals surface area (Å²) in [7, 11) is 2.14. The molecular weight excluding hydrogens is 263 g/mol. The van der Waals surface area contributed by atoms with Gasteiger partial charge in [0.2, 0.25) is 0 Å². The lowest BCUT2D eigenvalue weighted by molar-refractivity contribution is 0.268. The molecule has 1 N–H and O–H groups in total. The molecule has 4 heteroatoms. The van der Waals surface area contributed by atoms with Gasteiger partial charge in [-0.3, -0.25) is 0 Å². The van der Waals surface area contributed by atoms with Crippen molar-refractivity contribution < 1.29 is 4.39 Å². The summed E-state index contributed by atoms with van der Waals surface area (Å²) in [4.78, 5) is 2.33. The fourth-order valence-electron chi connectivity index (χ4n) is 1.78. The Morgan fingerprint density at radius 2 is 2.05 bits per heavy atom. The second-order valence-corrected chi connectivity index (χ2v) is 5.58. The average molecular weight is 287 g/mol. The molecule has 0 atom stereocenters. The van der Waals surface area contributed by atoms with Crippen molar-refractivity contribution in [1.82, 2.24) is 10.2 Å². The minimum absolute atomic E-state index is 0.192. The van der Waals surface area contributed by atoms with Crippen LogP contribution in [0.2, 0.25) is 5.02 Å². The summed E-state index contributed by atoms with van der Waals surface area (Å²) in [6.45, 7) is 6.93. The maximum atomic E-state index is 13.6. The highest BCUT2D eigenvalue weighted by molar-refractivity contribution is 6.30. The number of hydrogen-bond acceptors (Lipinski definition) is 2. The quantitative estimate of drug-likeness (QED) is 0.733. The highest BCUT2D eigenvalue weighted by Gasteiger charge is 2.05. The molecule has 0 aromatic heterocycles. The van der Waals surface area contributed by atoms with Crippen LogP contribution in [0.1, 0.15) is 32.3 Å². The van der Waals surface area contributed by atoms with Crippen LogP contribution in [0.4, 0.5) is 4.39 Å². The van der Waals surface area contributed by atoms with E-state index in [1.807, 2.05) is 0 Å². The van der Waals surface area contributed by atoms with Crippen molar-refractivity contribution in [2.24, 2.45) is 0 Å². The van der Waals surface area contributed by atoms with Gasteiger partial charge in [0.05, 0.1) is 5.02 Å². The van der Waals surface area contributed by atoms with Crippen LogP contribution < -0.4 is 5.32 Å². The first-order valence-corrected chi connectivity index (χ1v) is 7.24. The molecule has 1 aromatic carbocycles. The summed E-state index contributed by atoms with van der Waals surface area (Å²) in [5.41, 5.74) is 0.631. The maximum Gasteiger partial charge on any atom is 0.146 e. The fourth-order valence-corrected chi connectivity index (χ4v) is 1.97. The van der Waals surface area contributed by atoms with Crippen LogP contribution in [0.3, 0.4) is 0 Å². The number of nitrogens with one attached hydrogen (secondary N) is 1. The van der Waals surface area contributed by atoms with E-state index in [2.05, 4.69) is 31.1 Å². The minimum atomic E-state index is -0.309. The zero-order valence-electron chi connectivity index (χ0n) is 12.0. The second kappa shape index (κ2) is 8.51. The van der Waals surface area contributed by atoms with Crippen LogP contribution >= 0.6 is 11.6 Å². The first-order valence-electron chi connectivity index (χ1n) is 6.86. The molecular formula is C15H24ClFN2. The molecule has 0 aliphatic heterocycles. The molecule has 0 spiro atoms.